The first-order valence-electron chi connectivity index (χ1n) is 4.44. The van der Waals surface area contributed by atoms with Gasteiger partial charge in [0.05, 0.1) is 5.69 Å². The minimum Gasteiger partial charge on any atom is -0.506 e. The predicted molar refractivity (Wildman–Crippen MR) is 62.3 cm³/mol. The van der Waals surface area contributed by atoms with Crippen LogP contribution in [0, 0.1) is 13.8 Å². The highest BCUT2D eigenvalue weighted by Crippen LogP contribution is 2.25. The Morgan fingerprint density at radius 2 is 2.21 bits per heavy atom. The molecule has 4 heteroatoms. The van der Waals surface area contributed by atoms with Crippen molar-refractivity contribution in [1.29, 1.82) is 0 Å². The van der Waals surface area contributed by atoms with Crippen LogP contribution in [0.3, 0.4) is 0 Å². The molecule has 0 amide bonds. The number of alkyl halides is 1. The molecule has 0 bridgehead atoms. The minimum atomic E-state index is 0.314. The number of thioether (sulfide) groups is 1. The zero-order chi connectivity index (χ0) is 10.6. The first-order chi connectivity index (χ1) is 6.66. The Kier molecular flexibility index (Phi) is 4.55. The van der Waals surface area contributed by atoms with Crippen LogP contribution in [0.4, 0.5) is 0 Å². The van der Waals surface area contributed by atoms with E-state index < -0.39 is 0 Å². The maximum atomic E-state index is 9.65. The van der Waals surface area contributed by atoms with E-state index in [1.807, 2.05) is 13.1 Å². The fourth-order valence-electron chi connectivity index (χ4n) is 1.14. The number of aromatic hydroxyl groups is 1. The van der Waals surface area contributed by atoms with E-state index in [1.165, 1.54) is 0 Å². The van der Waals surface area contributed by atoms with E-state index in [0.717, 1.165) is 22.6 Å². The fourth-order valence-corrected chi connectivity index (χ4v) is 2.23. The van der Waals surface area contributed by atoms with Gasteiger partial charge in [-0.05, 0) is 25.0 Å². The lowest BCUT2D eigenvalue weighted by atomic mass is 10.1. The molecule has 1 aromatic heterocycles. The van der Waals surface area contributed by atoms with E-state index in [0.29, 0.717) is 17.3 Å². The van der Waals surface area contributed by atoms with Gasteiger partial charge in [0.2, 0.25) is 0 Å². The molecule has 0 unspecified atom stereocenters. The van der Waals surface area contributed by atoms with Crippen LogP contribution in [0.5, 0.6) is 5.75 Å². The quantitative estimate of drug-likeness (QED) is 0.639. The van der Waals surface area contributed by atoms with Crippen molar-refractivity contribution in [2.75, 3.05) is 11.6 Å². The summed E-state index contributed by atoms with van der Waals surface area (Å²) in [4.78, 5) is 4.12. The van der Waals surface area contributed by atoms with E-state index >= 15 is 0 Å². The van der Waals surface area contributed by atoms with Crippen LogP contribution in [-0.4, -0.2) is 21.7 Å². The summed E-state index contributed by atoms with van der Waals surface area (Å²) in [5.74, 6) is 2.76. The first-order valence-corrected chi connectivity index (χ1v) is 6.13. The zero-order valence-corrected chi connectivity index (χ0v) is 9.95. The lowest BCUT2D eigenvalue weighted by Crippen LogP contribution is -1.93. The third-order valence-corrected chi connectivity index (χ3v) is 3.49. The van der Waals surface area contributed by atoms with Crippen molar-refractivity contribution in [3.05, 3.63) is 23.0 Å². The van der Waals surface area contributed by atoms with E-state index in [4.69, 9.17) is 11.6 Å². The summed E-state index contributed by atoms with van der Waals surface area (Å²) in [5, 5.41) is 9.65. The zero-order valence-electron chi connectivity index (χ0n) is 8.38. The van der Waals surface area contributed by atoms with Crippen molar-refractivity contribution in [3.63, 3.8) is 0 Å². The van der Waals surface area contributed by atoms with Crippen molar-refractivity contribution in [2.24, 2.45) is 0 Å². The van der Waals surface area contributed by atoms with Gasteiger partial charge in [-0.15, -0.1) is 11.6 Å². The second kappa shape index (κ2) is 5.47. The van der Waals surface area contributed by atoms with Crippen LogP contribution < -0.4 is 0 Å². The lowest BCUT2D eigenvalue weighted by molar-refractivity contribution is 0.462. The van der Waals surface area contributed by atoms with Crippen molar-refractivity contribution < 1.29 is 5.11 Å². The Morgan fingerprint density at radius 1 is 1.50 bits per heavy atom. The monoisotopic (exact) mass is 231 g/mol. The Morgan fingerprint density at radius 3 is 2.86 bits per heavy atom. The van der Waals surface area contributed by atoms with Gasteiger partial charge in [0.1, 0.15) is 5.75 Å². The van der Waals surface area contributed by atoms with E-state index in [1.54, 1.807) is 18.7 Å². The van der Waals surface area contributed by atoms with Crippen LogP contribution in [0.1, 0.15) is 16.8 Å². The number of aryl methyl sites for hydroxylation is 1. The van der Waals surface area contributed by atoms with Gasteiger partial charge in [-0.25, -0.2) is 0 Å². The molecule has 1 aromatic rings. The highest BCUT2D eigenvalue weighted by atomic mass is 35.5. The second-order valence-corrected chi connectivity index (χ2v) is 4.57. The number of halogens is 1. The molecule has 0 aromatic carbocycles. The molecule has 0 fully saturated rings. The highest BCUT2D eigenvalue weighted by molar-refractivity contribution is 7.98. The minimum absolute atomic E-state index is 0.314. The van der Waals surface area contributed by atoms with Gasteiger partial charge in [-0.3, -0.25) is 4.98 Å². The lowest BCUT2D eigenvalue weighted by Gasteiger charge is -2.08. The Labute approximate surface area is 93.7 Å². The maximum Gasteiger partial charge on any atom is 0.139 e. The van der Waals surface area contributed by atoms with Gasteiger partial charge >= 0.3 is 0 Å². The average Bonchev–Trinajstić information content (AvgIpc) is 2.18. The number of pyridine rings is 1. The van der Waals surface area contributed by atoms with Crippen LogP contribution in [0.25, 0.3) is 0 Å². The summed E-state index contributed by atoms with van der Waals surface area (Å²) in [6.07, 6.45) is 1.83. The average molecular weight is 232 g/mol. The van der Waals surface area contributed by atoms with E-state index in [2.05, 4.69) is 4.98 Å². The summed E-state index contributed by atoms with van der Waals surface area (Å²) in [7, 11) is 0. The molecule has 1 rings (SSSR count). The van der Waals surface area contributed by atoms with Gasteiger partial charge in [0.15, 0.2) is 0 Å². The summed E-state index contributed by atoms with van der Waals surface area (Å²) < 4.78 is 0. The molecular formula is C10H14ClNOS. The molecule has 0 saturated carbocycles. The number of hydrogen-bond acceptors (Lipinski definition) is 3. The molecule has 2 nitrogen and oxygen atoms in total. The normalized spacial score (nSPS) is 10.5. The van der Waals surface area contributed by atoms with Crippen LogP contribution in [0.15, 0.2) is 6.20 Å². The molecule has 0 aliphatic carbocycles. The molecule has 0 spiro atoms. The Bertz CT molecular complexity index is 317. The molecule has 0 aliphatic heterocycles. The molecule has 0 atom stereocenters. The van der Waals surface area contributed by atoms with Gasteiger partial charge in [0.25, 0.3) is 0 Å². The van der Waals surface area contributed by atoms with Crippen molar-refractivity contribution >= 4 is 23.4 Å². The molecule has 0 radical (unpaired) electrons. The molecule has 0 saturated heterocycles. The predicted octanol–water partition coefficient (Wildman–Crippen LogP) is 2.88. The van der Waals surface area contributed by atoms with Gasteiger partial charge in [-0.2, -0.15) is 11.8 Å². The van der Waals surface area contributed by atoms with E-state index in [9.17, 15) is 5.11 Å². The van der Waals surface area contributed by atoms with Crippen LogP contribution in [0.2, 0.25) is 0 Å². The number of nitrogens with zero attached hydrogens (tertiary/aromatic N) is 1. The summed E-state index contributed by atoms with van der Waals surface area (Å²) in [6, 6.07) is 0. The number of aromatic nitrogens is 1. The van der Waals surface area contributed by atoms with E-state index in [-0.39, 0.29) is 0 Å². The van der Waals surface area contributed by atoms with Gasteiger partial charge in [-0.1, -0.05) is 0 Å². The molecule has 1 N–H and O–H groups in total. The Hall–Kier alpha value is -0.410. The summed E-state index contributed by atoms with van der Waals surface area (Å²) in [6.45, 7) is 3.72. The SMILES string of the molecule is Cc1ncc(CSCCCl)c(C)c1O. The third kappa shape index (κ3) is 2.79. The van der Waals surface area contributed by atoms with Crippen molar-refractivity contribution in [2.45, 2.75) is 19.6 Å². The van der Waals surface area contributed by atoms with Crippen molar-refractivity contribution in [1.82, 2.24) is 4.98 Å². The first kappa shape index (κ1) is 11.7. The largest absolute Gasteiger partial charge is 0.506 e. The van der Waals surface area contributed by atoms with Crippen LogP contribution >= 0.6 is 23.4 Å². The van der Waals surface area contributed by atoms with Gasteiger partial charge < -0.3 is 5.11 Å². The highest BCUT2D eigenvalue weighted by Gasteiger charge is 2.06. The molecule has 14 heavy (non-hydrogen) atoms. The van der Waals surface area contributed by atoms with Gasteiger partial charge in [0, 0.05) is 23.6 Å². The number of rotatable bonds is 4. The third-order valence-electron chi connectivity index (χ3n) is 2.07. The van der Waals surface area contributed by atoms with Crippen molar-refractivity contribution in [3.8, 4) is 5.75 Å². The second-order valence-electron chi connectivity index (χ2n) is 3.08. The standard InChI is InChI=1S/C10H14ClNOS/c1-7-9(6-14-4-3-11)5-12-8(2)10(7)13/h5,13H,3-4,6H2,1-2H3. The Balaban J connectivity index is 2.73. The number of hydrogen-bond donors (Lipinski definition) is 1. The molecule has 1 heterocycles. The smallest absolute Gasteiger partial charge is 0.139 e. The molecule has 78 valence electrons. The molecule has 0 aliphatic rings. The fraction of sp³-hybridized carbons (Fsp3) is 0.500. The summed E-state index contributed by atoms with van der Waals surface area (Å²) >= 11 is 7.33. The summed E-state index contributed by atoms with van der Waals surface area (Å²) in [5.41, 5.74) is 2.70. The van der Waals surface area contributed by atoms with Crippen LogP contribution in [-0.2, 0) is 5.75 Å². The molecular weight excluding hydrogens is 218 g/mol. The maximum absolute atomic E-state index is 9.65. The topological polar surface area (TPSA) is 33.1 Å².